The Hall–Kier alpha value is -2.65. The van der Waals surface area contributed by atoms with E-state index in [0.29, 0.717) is 29.7 Å². The number of rotatable bonds is 7. The van der Waals surface area contributed by atoms with E-state index in [1.807, 2.05) is 35.2 Å². The molecule has 1 aromatic carbocycles. The molecule has 0 radical (unpaired) electrons. The Bertz CT molecular complexity index is 1160. The number of nitrogens with zero attached hydrogens (tertiary/aromatic N) is 4. The number of likely N-dealkylation sites (tertiary alicyclic amines) is 1. The molecule has 1 amide bonds. The van der Waals surface area contributed by atoms with Gasteiger partial charge in [0.1, 0.15) is 5.82 Å². The average Bonchev–Trinajstić information content (AvgIpc) is 3.22. The standard InChI is InChI=1S/C23H25BrClN5O3/c1-33-22(32)7-6-21(31)29-10-8-15(9-11-29)13-26-20-12-19(16-4-2-3-5-18(16)25)28-23-17(24)14-27-30(20)23/h2-5,12,14-15,26H,6-11,13H2,1H3. The molecule has 0 spiro atoms. The molecular weight excluding hydrogens is 510 g/mol. The first kappa shape index (κ1) is 23.5. The second-order valence-electron chi connectivity index (χ2n) is 8.02. The van der Waals surface area contributed by atoms with E-state index in [9.17, 15) is 9.59 Å². The van der Waals surface area contributed by atoms with Crippen molar-refractivity contribution < 1.29 is 14.3 Å². The summed E-state index contributed by atoms with van der Waals surface area (Å²) in [6, 6.07) is 9.58. The van der Waals surface area contributed by atoms with Crippen molar-refractivity contribution in [2.75, 3.05) is 32.1 Å². The minimum atomic E-state index is -0.354. The molecule has 0 bridgehead atoms. The van der Waals surface area contributed by atoms with Gasteiger partial charge < -0.3 is 15.0 Å². The summed E-state index contributed by atoms with van der Waals surface area (Å²) in [4.78, 5) is 30.2. The summed E-state index contributed by atoms with van der Waals surface area (Å²) in [7, 11) is 1.33. The van der Waals surface area contributed by atoms with Crippen molar-refractivity contribution >= 4 is 50.9 Å². The lowest BCUT2D eigenvalue weighted by molar-refractivity contribution is -0.143. The van der Waals surface area contributed by atoms with Crippen LogP contribution in [0.2, 0.25) is 5.02 Å². The van der Waals surface area contributed by atoms with Gasteiger partial charge in [-0.2, -0.15) is 9.61 Å². The molecule has 0 unspecified atom stereocenters. The number of ether oxygens (including phenoxy) is 1. The van der Waals surface area contributed by atoms with Crippen LogP contribution in [0.3, 0.4) is 0 Å². The fraction of sp³-hybridized carbons (Fsp3) is 0.391. The third kappa shape index (κ3) is 5.47. The van der Waals surface area contributed by atoms with Crippen molar-refractivity contribution in [2.45, 2.75) is 25.7 Å². The van der Waals surface area contributed by atoms with Gasteiger partial charge in [-0.25, -0.2) is 4.98 Å². The number of carbonyl (C=O) groups is 2. The molecule has 10 heteroatoms. The number of nitrogens with one attached hydrogen (secondary N) is 1. The van der Waals surface area contributed by atoms with Crippen LogP contribution in [0.1, 0.15) is 25.7 Å². The second-order valence-corrected chi connectivity index (χ2v) is 9.28. The molecule has 0 aliphatic carbocycles. The van der Waals surface area contributed by atoms with E-state index < -0.39 is 0 Å². The largest absolute Gasteiger partial charge is 0.469 e. The number of methoxy groups -OCH3 is 1. The molecule has 1 aliphatic heterocycles. The maximum atomic E-state index is 12.3. The predicted octanol–water partition coefficient (Wildman–Crippen LogP) is 4.42. The fourth-order valence-electron chi connectivity index (χ4n) is 3.97. The normalized spacial score (nSPS) is 14.5. The topological polar surface area (TPSA) is 88.8 Å². The molecule has 1 saturated heterocycles. The molecule has 0 saturated carbocycles. The first-order chi connectivity index (χ1) is 16.0. The highest BCUT2D eigenvalue weighted by Crippen LogP contribution is 2.30. The SMILES string of the molecule is COC(=O)CCC(=O)N1CCC(CNc2cc(-c3ccccc3Cl)nc3c(Br)cnn23)CC1. The summed E-state index contributed by atoms with van der Waals surface area (Å²) in [5, 5.41) is 8.60. The molecule has 4 rings (SSSR count). The second kappa shape index (κ2) is 10.5. The van der Waals surface area contributed by atoms with E-state index in [0.717, 1.165) is 40.9 Å². The third-order valence-electron chi connectivity index (χ3n) is 5.89. The molecule has 33 heavy (non-hydrogen) atoms. The minimum absolute atomic E-state index is 0.00780. The van der Waals surface area contributed by atoms with Crippen LogP contribution in [-0.4, -0.2) is 58.1 Å². The first-order valence-electron chi connectivity index (χ1n) is 10.8. The Balaban J connectivity index is 1.41. The smallest absolute Gasteiger partial charge is 0.306 e. The Morgan fingerprint density at radius 1 is 1.24 bits per heavy atom. The van der Waals surface area contributed by atoms with Gasteiger partial charge in [0.25, 0.3) is 0 Å². The molecule has 1 fully saturated rings. The van der Waals surface area contributed by atoms with Gasteiger partial charge >= 0.3 is 5.97 Å². The molecule has 0 atom stereocenters. The zero-order valence-electron chi connectivity index (χ0n) is 18.3. The van der Waals surface area contributed by atoms with Gasteiger partial charge in [0.2, 0.25) is 5.91 Å². The van der Waals surface area contributed by atoms with Crippen molar-refractivity contribution in [2.24, 2.45) is 5.92 Å². The Kier molecular flexibility index (Phi) is 7.49. The Labute approximate surface area is 205 Å². The quantitative estimate of drug-likeness (QED) is 0.452. The van der Waals surface area contributed by atoms with Crippen LogP contribution in [0.25, 0.3) is 16.9 Å². The number of fused-ring (bicyclic) bond motifs is 1. The number of carbonyl (C=O) groups excluding carboxylic acids is 2. The number of aromatic nitrogens is 3. The monoisotopic (exact) mass is 533 g/mol. The summed E-state index contributed by atoms with van der Waals surface area (Å²) < 4.78 is 7.19. The summed E-state index contributed by atoms with van der Waals surface area (Å²) >= 11 is 9.94. The summed E-state index contributed by atoms with van der Waals surface area (Å²) in [5.74, 6) is 0.902. The highest BCUT2D eigenvalue weighted by molar-refractivity contribution is 9.10. The van der Waals surface area contributed by atoms with Gasteiger partial charge in [0.05, 0.1) is 29.9 Å². The number of anilines is 1. The minimum Gasteiger partial charge on any atom is -0.469 e. The highest BCUT2D eigenvalue weighted by Gasteiger charge is 2.23. The maximum absolute atomic E-state index is 12.3. The summed E-state index contributed by atoms with van der Waals surface area (Å²) in [6.07, 6.45) is 3.84. The first-order valence-corrected chi connectivity index (χ1v) is 12.0. The van der Waals surface area contributed by atoms with E-state index in [4.69, 9.17) is 16.6 Å². The van der Waals surface area contributed by atoms with Gasteiger partial charge in [-0.3, -0.25) is 9.59 Å². The van der Waals surface area contributed by atoms with Crippen molar-refractivity contribution in [3.05, 3.63) is 46.0 Å². The molecular formula is C23H25BrClN5O3. The van der Waals surface area contributed by atoms with Crippen LogP contribution in [0.15, 0.2) is 41.0 Å². The molecule has 8 nitrogen and oxygen atoms in total. The average molecular weight is 535 g/mol. The van der Waals surface area contributed by atoms with Crippen LogP contribution >= 0.6 is 27.5 Å². The summed E-state index contributed by atoms with van der Waals surface area (Å²) in [5.41, 5.74) is 2.33. The van der Waals surface area contributed by atoms with E-state index in [-0.39, 0.29) is 24.7 Å². The van der Waals surface area contributed by atoms with E-state index in [1.54, 1.807) is 10.7 Å². The van der Waals surface area contributed by atoms with Crippen LogP contribution < -0.4 is 5.32 Å². The number of halogens is 2. The molecule has 3 aromatic rings. The number of hydrogen-bond donors (Lipinski definition) is 1. The molecule has 174 valence electrons. The zero-order chi connectivity index (χ0) is 23.4. The van der Waals surface area contributed by atoms with Crippen molar-refractivity contribution in [3.8, 4) is 11.3 Å². The lowest BCUT2D eigenvalue weighted by Crippen LogP contribution is -2.40. The summed E-state index contributed by atoms with van der Waals surface area (Å²) in [6.45, 7) is 2.13. The van der Waals surface area contributed by atoms with Crippen molar-refractivity contribution in [1.29, 1.82) is 0 Å². The number of esters is 1. The van der Waals surface area contributed by atoms with Crippen molar-refractivity contribution in [3.63, 3.8) is 0 Å². The van der Waals surface area contributed by atoms with Crippen LogP contribution in [0.4, 0.5) is 5.82 Å². The lowest BCUT2D eigenvalue weighted by Gasteiger charge is -2.32. The number of piperidine rings is 1. The van der Waals surface area contributed by atoms with Gasteiger partial charge in [0, 0.05) is 42.7 Å². The number of hydrogen-bond acceptors (Lipinski definition) is 6. The molecule has 1 aliphatic rings. The van der Waals surface area contributed by atoms with Crippen LogP contribution in [-0.2, 0) is 14.3 Å². The molecule has 1 N–H and O–H groups in total. The van der Waals surface area contributed by atoms with E-state index >= 15 is 0 Å². The van der Waals surface area contributed by atoms with Crippen LogP contribution in [0.5, 0.6) is 0 Å². The zero-order valence-corrected chi connectivity index (χ0v) is 20.6. The maximum Gasteiger partial charge on any atom is 0.306 e. The third-order valence-corrected chi connectivity index (χ3v) is 6.78. The highest BCUT2D eigenvalue weighted by atomic mass is 79.9. The van der Waals surface area contributed by atoms with Crippen molar-refractivity contribution in [1.82, 2.24) is 19.5 Å². The van der Waals surface area contributed by atoms with Crippen LogP contribution in [0, 0.1) is 5.92 Å². The molecule has 3 heterocycles. The van der Waals surface area contributed by atoms with E-state index in [1.165, 1.54) is 7.11 Å². The lowest BCUT2D eigenvalue weighted by atomic mass is 9.96. The Morgan fingerprint density at radius 3 is 2.73 bits per heavy atom. The van der Waals surface area contributed by atoms with Gasteiger partial charge in [0.15, 0.2) is 5.65 Å². The van der Waals surface area contributed by atoms with Gasteiger partial charge in [-0.1, -0.05) is 29.8 Å². The number of amides is 1. The van der Waals surface area contributed by atoms with Gasteiger partial charge in [-0.15, -0.1) is 0 Å². The predicted molar refractivity (Wildman–Crippen MR) is 130 cm³/mol. The fourth-order valence-corrected chi connectivity index (χ4v) is 4.55. The Morgan fingerprint density at radius 2 is 2.00 bits per heavy atom. The van der Waals surface area contributed by atoms with E-state index in [2.05, 4.69) is 31.1 Å². The molecule has 2 aromatic heterocycles. The number of benzene rings is 1. The van der Waals surface area contributed by atoms with Gasteiger partial charge in [-0.05, 0) is 40.8 Å².